The van der Waals surface area contributed by atoms with E-state index >= 15 is 0 Å². The number of sulfonamides is 1. The Hall–Kier alpha value is -2.87. The van der Waals surface area contributed by atoms with E-state index in [0.29, 0.717) is 31.1 Å². The Morgan fingerprint density at radius 1 is 0.971 bits per heavy atom. The molecule has 0 saturated carbocycles. The minimum atomic E-state index is -3.52. The van der Waals surface area contributed by atoms with Crippen molar-refractivity contribution in [1.82, 2.24) is 10.2 Å². The van der Waals surface area contributed by atoms with Gasteiger partial charge in [0.15, 0.2) is 0 Å². The second-order valence-electron chi connectivity index (χ2n) is 9.53. The zero-order valence-electron chi connectivity index (χ0n) is 21.7. The maximum absolute atomic E-state index is 13.3. The zero-order chi connectivity index (χ0) is 26.2. The topological polar surface area (TPSA) is 86.8 Å². The molecule has 0 fully saturated rings. The third-order valence-corrected chi connectivity index (χ3v) is 7.17. The standard InChI is InChI=1S/C27H39N3O4S/c1-20(2)18-28-27(32)23(5)29(19-24-11-8-7-9-12-24)26(31)13-10-16-30(35(6,33)34)25-15-14-21(3)22(4)17-25/h7-9,11-12,14-15,17,20,23H,10,13,16,18-19H2,1-6H3,(H,28,32)/t23-/m1/s1. The molecule has 192 valence electrons. The molecule has 0 heterocycles. The van der Waals surface area contributed by atoms with E-state index in [1.54, 1.807) is 17.9 Å². The quantitative estimate of drug-likeness (QED) is 0.476. The van der Waals surface area contributed by atoms with E-state index in [9.17, 15) is 18.0 Å². The lowest BCUT2D eigenvalue weighted by Gasteiger charge is -2.29. The average molecular weight is 502 g/mol. The molecule has 0 saturated heterocycles. The van der Waals surface area contributed by atoms with Crippen LogP contribution in [0.5, 0.6) is 0 Å². The molecule has 0 spiro atoms. The number of hydrogen-bond donors (Lipinski definition) is 1. The first kappa shape index (κ1) is 28.4. The van der Waals surface area contributed by atoms with Gasteiger partial charge in [-0.15, -0.1) is 0 Å². The summed E-state index contributed by atoms with van der Waals surface area (Å²) in [6, 6.07) is 14.4. The summed E-state index contributed by atoms with van der Waals surface area (Å²) in [4.78, 5) is 27.6. The van der Waals surface area contributed by atoms with Gasteiger partial charge in [0.1, 0.15) is 6.04 Å². The number of hydrogen-bond acceptors (Lipinski definition) is 4. The molecule has 35 heavy (non-hydrogen) atoms. The highest BCUT2D eigenvalue weighted by Crippen LogP contribution is 2.22. The van der Waals surface area contributed by atoms with Crippen LogP contribution in [0.4, 0.5) is 5.69 Å². The molecule has 7 nitrogen and oxygen atoms in total. The fourth-order valence-corrected chi connectivity index (χ4v) is 4.66. The molecule has 2 aromatic carbocycles. The van der Waals surface area contributed by atoms with Gasteiger partial charge in [0, 0.05) is 26.1 Å². The van der Waals surface area contributed by atoms with Crippen molar-refractivity contribution in [2.45, 2.75) is 60.0 Å². The number of rotatable bonds is 12. The van der Waals surface area contributed by atoms with Crippen LogP contribution in [0, 0.1) is 19.8 Å². The van der Waals surface area contributed by atoms with Crippen molar-refractivity contribution in [3.8, 4) is 0 Å². The van der Waals surface area contributed by atoms with E-state index in [1.165, 1.54) is 10.6 Å². The molecule has 1 N–H and O–H groups in total. The van der Waals surface area contributed by atoms with Gasteiger partial charge in [0.25, 0.3) is 0 Å². The summed E-state index contributed by atoms with van der Waals surface area (Å²) in [5.41, 5.74) is 3.60. The second-order valence-corrected chi connectivity index (χ2v) is 11.4. The first-order valence-electron chi connectivity index (χ1n) is 12.1. The van der Waals surface area contributed by atoms with Gasteiger partial charge in [-0.25, -0.2) is 8.42 Å². The highest BCUT2D eigenvalue weighted by molar-refractivity contribution is 7.92. The van der Waals surface area contributed by atoms with Crippen LogP contribution < -0.4 is 9.62 Å². The Balaban J connectivity index is 2.14. The summed E-state index contributed by atoms with van der Waals surface area (Å²) in [6.07, 6.45) is 1.64. The molecular formula is C27H39N3O4S. The predicted molar refractivity (Wildman–Crippen MR) is 142 cm³/mol. The van der Waals surface area contributed by atoms with Crippen LogP contribution >= 0.6 is 0 Å². The molecule has 0 aromatic heterocycles. The molecule has 0 aliphatic rings. The van der Waals surface area contributed by atoms with E-state index in [2.05, 4.69) is 5.32 Å². The van der Waals surface area contributed by atoms with Crippen molar-refractivity contribution in [3.05, 3.63) is 65.2 Å². The van der Waals surface area contributed by atoms with Gasteiger partial charge in [-0.2, -0.15) is 0 Å². The minimum absolute atomic E-state index is 0.130. The van der Waals surface area contributed by atoms with E-state index in [1.807, 2.05) is 70.2 Å². The summed E-state index contributed by atoms with van der Waals surface area (Å²) in [7, 11) is -3.52. The van der Waals surface area contributed by atoms with Gasteiger partial charge < -0.3 is 10.2 Å². The number of nitrogens with one attached hydrogen (secondary N) is 1. The van der Waals surface area contributed by atoms with Crippen molar-refractivity contribution >= 4 is 27.5 Å². The van der Waals surface area contributed by atoms with E-state index in [4.69, 9.17) is 0 Å². The highest BCUT2D eigenvalue weighted by atomic mass is 32.2. The van der Waals surface area contributed by atoms with Crippen molar-refractivity contribution in [2.75, 3.05) is 23.7 Å². The second kappa shape index (κ2) is 12.7. The average Bonchev–Trinajstić information content (AvgIpc) is 2.80. The lowest BCUT2D eigenvalue weighted by molar-refractivity contribution is -0.140. The van der Waals surface area contributed by atoms with Gasteiger partial charge in [-0.05, 0) is 61.9 Å². The number of benzene rings is 2. The number of anilines is 1. The first-order chi connectivity index (χ1) is 16.4. The molecule has 2 rings (SSSR count). The number of carbonyl (C=O) groups is 2. The van der Waals surface area contributed by atoms with Crippen LogP contribution in [0.25, 0.3) is 0 Å². The molecule has 2 aromatic rings. The summed E-state index contributed by atoms with van der Waals surface area (Å²) in [5, 5.41) is 2.91. The maximum Gasteiger partial charge on any atom is 0.242 e. The predicted octanol–water partition coefficient (Wildman–Crippen LogP) is 4.04. The maximum atomic E-state index is 13.3. The van der Waals surface area contributed by atoms with Gasteiger partial charge in [0.2, 0.25) is 21.8 Å². The van der Waals surface area contributed by atoms with Crippen molar-refractivity contribution < 1.29 is 18.0 Å². The summed E-state index contributed by atoms with van der Waals surface area (Å²) >= 11 is 0. The summed E-state index contributed by atoms with van der Waals surface area (Å²) < 4.78 is 26.3. The number of carbonyl (C=O) groups excluding carboxylic acids is 2. The Morgan fingerprint density at radius 2 is 1.63 bits per heavy atom. The smallest absolute Gasteiger partial charge is 0.242 e. The van der Waals surface area contributed by atoms with Gasteiger partial charge in [-0.1, -0.05) is 50.2 Å². The van der Waals surface area contributed by atoms with E-state index in [-0.39, 0.29) is 24.8 Å². The molecule has 0 unspecified atom stereocenters. The van der Waals surface area contributed by atoms with Gasteiger partial charge in [-0.3, -0.25) is 13.9 Å². The summed E-state index contributed by atoms with van der Waals surface area (Å²) in [6.45, 7) is 10.7. The minimum Gasteiger partial charge on any atom is -0.354 e. The molecule has 0 bridgehead atoms. The molecule has 0 aliphatic heterocycles. The fraction of sp³-hybridized carbons (Fsp3) is 0.481. The lowest BCUT2D eigenvalue weighted by Crippen LogP contribution is -2.48. The molecule has 0 radical (unpaired) electrons. The molecular weight excluding hydrogens is 462 g/mol. The van der Waals surface area contributed by atoms with Crippen molar-refractivity contribution in [3.63, 3.8) is 0 Å². The normalized spacial score (nSPS) is 12.3. The Bertz CT molecular complexity index is 1100. The van der Waals surface area contributed by atoms with Crippen LogP contribution in [-0.2, 0) is 26.2 Å². The number of amides is 2. The fourth-order valence-electron chi connectivity index (χ4n) is 3.70. The molecule has 8 heteroatoms. The van der Waals surface area contributed by atoms with E-state index < -0.39 is 16.1 Å². The van der Waals surface area contributed by atoms with Crippen LogP contribution in [0.3, 0.4) is 0 Å². The van der Waals surface area contributed by atoms with Crippen LogP contribution in [0.1, 0.15) is 50.3 Å². The number of aryl methyl sites for hydroxylation is 2. The highest BCUT2D eigenvalue weighted by Gasteiger charge is 2.26. The Morgan fingerprint density at radius 3 is 2.20 bits per heavy atom. The SMILES string of the molecule is Cc1ccc(N(CCCC(=O)N(Cc2ccccc2)[C@H](C)C(=O)NCC(C)C)S(C)(=O)=O)cc1C. The Kier molecular flexibility index (Phi) is 10.3. The van der Waals surface area contributed by atoms with Crippen LogP contribution in [0.15, 0.2) is 48.5 Å². The van der Waals surface area contributed by atoms with Crippen molar-refractivity contribution in [1.29, 1.82) is 0 Å². The zero-order valence-corrected chi connectivity index (χ0v) is 22.6. The monoisotopic (exact) mass is 501 g/mol. The van der Waals surface area contributed by atoms with E-state index in [0.717, 1.165) is 16.7 Å². The molecule has 0 aliphatic carbocycles. The third kappa shape index (κ3) is 8.69. The summed E-state index contributed by atoms with van der Waals surface area (Å²) in [5.74, 6) is -0.0812. The molecule has 1 atom stereocenters. The van der Waals surface area contributed by atoms with Crippen molar-refractivity contribution in [2.24, 2.45) is 5.92 Å². The molecule has 2 amide bonds. The number of nitrogens with zero attached hydrogens (tertiary/aromatic N) is 2. The van der Waals surface area contributed by atoms with Gasteiger partial charge >= 0.3 is 0 Å². The van der Waals surface area contributed by atoms with Gasteiger partial charge in [0.05, 0.1) is 11.9 Å². The first-order valence-corrected chi connectivity index (χ1v) is 13.9. The lowest BCUT2D eigenvalue weighted by atomic mass is 10.1. The third-order valence-electron chi connectivity index (χ3n) is 5.98. The van der Waals surface area contributed by atoms with Crippen LogP contribution in [0.2, 0.25) is 0 Å². The van der Waals surface area contributed by atoms with Crippen LogP contribution in [-0.4, -0.2) is 50.5 Å². The Labute approximate surface area is 210 Å². The largest absolute Gasteiger partial charge is 0.354 e.